The van der Waals surface area contributed by atoms with E-state index < -0.39 is 0 Å². The highest BCUT2D eigenvalue weighted by atomic mass is 79.9. The third-order valence-corrected chi connectivity index (χ3v) is 4.52. The normalized spacial score (nSPS) is 10.6. The molecule has 0 atom stereocenters. The molecule has 0 bridgehead atoms. The van der Waals surface area contributed by atoms with Crippen LogP contribution in [0.15, 0.2) is 37.8 Å². The van der Waals surface area contributed by atoms with Crippen molar-refractivity contribution in [2.45, 2.75) is 13.1 Å². The quantitative estimate of drug-likeness (QED) is 0.786. The summed E-state index contributed by atoms with van der Waals surface area (Å²) in [6.07, 6.45) is 0. The Bertz CT molecular complexity index is 564. The summed E-state index contributed by atoms with van der Waals surface area (Å²) in [7, 11) is 3.29. The number of hydrogen-bond acceptors (Lipinski definition) is 4. The molecule has 0 aliphatic rings. The van der Waals surface area contributed by atoms with Crippen molar-refractivity contribution < 1.29 is 13.9 Å². The van der Waals surface area contributed by atoms with Crippen LogP contribution in [0.25, 0.3) is 0 Å². The van der Waals surface area contributed by atoms with Crippen molar-refractivity contribution in [1.82, 2.24) is 5.32 Å². The molecule has 2 rings (SSSR count). The molecular formula is C14H15Br2NO3. The zero-order valence-electron chi connectivity index (χ0n) is 11.2. The molecule has 1 heterocycles. The standard InChI is InChI=1S/C14H15Br2NO3/c1-18-10-4-3-9(13(6-10)19-2)7-17-8-11-5-12(15)14(16)20-11/h3-6,17H,7-8H2,1-2H3. The third kappa shape index (κ3) is 3.77. The minimum absolute atomic E-state index is 0.638. The molecule has 0 spiro atoms. The van der Waals surface area contributed by atoms with Crippen LogP contribution in [-0.4, -0.2) is 14.2 Å². The van der Waals surface area contributed by atoms with Gasteiger partial charge in [0, 0.05) is 18.2 Å². The van der Waals surface area contributed by atoms with E-state index in [-0.39, 0.29) is 0 Å². The van der Waals surface area contributed by atoms with E-state index in [1.807, 2.05) is 24.3 Å². The summed E-state index contributed by atoms with van der Waals surface area (Å²) in [5, 5.41) is 3.31. The topological polar surface area (TPSA) is 43.6 Å². The molecule has 0 aliphatic carbocycles. The highest BCUT2D eigenvalue weighted by molar-refractivity contribution is 9.13. The Kier molecular flexibility index (Phi) is 5.51. The highest BCUT2D eigenvalue weighted by Gasteiger charge is 2.07. The van der Waals surface area contributed by atoms with Crippen LogP contribution in [-0.2, 0) is 13.1 Å². The number of benzene rings is 1. The van der Waals surface area contributed by atoms with Gasteiger partial charge in [0.1, 0.15) is 17.3 Å². The number of hydrogen-bond donors (Lipinski definition) is 1. The summed E-state index contributed by atoms with van der Waals surface area (Å²) in [6, 6.07) is 7.71. The van der Waals surface area contributed by atoms with Gasteiger partial charge in [0.2, 0.25) is 0 Å². The van der Waals surface area contributed by atoms with Gasteiger partial charge in [0.05, 0.1) is 25.2 Å². The summed E-state index contributed by atoms with van der Waals surface area (Å²) in [4.78, 5) is 0. The van der Waals surface area contributed by atoms with Crippen molar-refractivity contribution in [2.24, 2.45) is 0 Å². The Hall–Kier alpha value is -0.980. The van der Waals surface area contributed by atoms with Crippen molar-refractivity contribution in [3.05, 3.63) is 44.7 Å². The van der Waals surface area contributed by atoms with E-state index in [1.165, 1.54) is 0 Å². The van der Waals surface area contributed by atoms with E-state index in [0.717, 1.165) is 27.3 Å². The van der Waals surface area contributed by atoms with Crippen molar-refractivity contribution >= 4 is 31.9 Å². The van der Waals surface area contributed by atoms with Crippen LogP contribution in [0.2, 0.25) is 0 Å². The fraction of sp³-hybridized carbons (Fsp3) is 0.286. The largest absolute Gasteiger partial charge is 0.497 e. The average Bonchev–Trinajstić information content (AvgIpc) is 2.78. The summed E-state index contributed by atoms with van der Waals surface area (Å²) in [6.45, 7) is 1.32. The number of halogens is 2. The van der Waals surface area contributed by atoms with Gasteiger partial charge in [-0.05, 0) is 44.0 Å². The summed E-state index contributed by atoms with van der Waals surface area (Å²) >= 11 is 6.71. The molecule has 0 unspecified atom stereocenters. The van der Waals surface area contributed by atoms with E-state index in [4.69, 9.17) is 13.9 Å². The van der Waals surface area contributed by atoms with Crippen molar-refractivity contribution in [2.75, 3.05) is 14.2 Å². The first-order valence-corrected chi connectivity index (χ1v) is 7.58. The van der Waals surface area contributed by atoms with Gasteiger partial charge in [-0.15, -0.1) is 0 Å². The number of furan rings is 1. The van der Waals surface area contributed by atoms with Gasteiger partial charge in [-0.2, -0.15) is 0 Å². The van der Waals surface area contributed by atoms with Crippen LogP contribution in [0, 0.1) is 0 Å². The van der Waals surface area contributed by atoms with Gasteiger partial charge in [-0.3, -0.25) is 0 Å². The molecule has 0 radical (unpaired) electrons. The predicted octanol–water partition coefficient (Wildman–Crippen LogP) is 4.11. The summed E-state index contributed by atoms with van der Waals surface area (Å²) in [5.41, 5.74) is 1.07. The van der Waals surface area contributed by atoms with Gasteiger partial charge < -0.3 is 19.2 Å². The lowest BCUT2D eigenvalue weighted by atomic mass is 10.2. The first kappa shape index (κ1) is 15.4. The molecule has 0 amide bonds. The lowest BCUT2D eigenvalue weighted by Gasteiger charge is -2.10. The second kappa shape index (κ2) is 7.15. The SMILES string of the molecule is COc1ccc(CNCc2cc(Br)c(Br)o2)c(OC)c1. The number of rotatable bonds is 6. The molecule has 20 heavy (non-hydrogen) atoms. The molecule has 0 aliphatic heterocycles. The summed E-state index contributed by atoms with van der Waals surface area (Å²) < 4.78 is 17.7. The van der Waals surface area contributed by atoms with Crippen LogP contribution in [0.1, 0.15) is 11.3 Å². The first-order valence-electron chi connectivity index (χ1n) is 5.99. The lowest BCUT2D eigenvalue weighted by molar-refractivity contribution is 0.389. The third-order valence-electron chi connectivity index (χ3n) is 2.81. The molecule has 0 fully saturated rings. The van der Waals surface area contributed by atoms with Gasteiger partial charge in [0.15, 0.2) is 4.67 Å². The lowest BCUT2D eigenvalue weighted by Crippen LogP contribution is -2.12. The number of nitrogens with one attached hydrogen (secondary N) is 1. The van der Waals surface area contributed by atoms with Gasteiger partial charge >= 0.3 is 0 Å². The van der Waals surface area contributed by atoms with Crippen LogP contribution >= 0.6 is 31.9 Å². The van der Waals surface area contributed by atoms with E-state index in [0.29, 0.717) is 17.8 Å². The van der Waals surface area contributed by atoms with E-state index in [1.54, 1.807) is 14.2 Å². The maximum atomic E-state index is 5.50. The van der Waals surface area contributed by atoms with Crippen molar-refractivity contribution in [3.63, 3.8) is 0 Å². The Balaban J connectivity index is 1.96. The monoisotopic (exact) mass is 403 g/mol. The van der Waals surface area contributed by atoms with Crippen LogP contribution in [0.3, 0.4) is 0 Å². The maximum absolute atomic E-state index is 5.50. The minimum atomic E-state index is 0.638. The first-order chi connectivity index (χ1) is 9.63. The predicted molar refractivity (Wildman–Crippen MR) is 84.2 cm³/mol. The van der Waals surface area contributed by atoms with E-state index in [2.05, 4.69) is 37.2 Å². The zero-order valence-corrected chi connectivity index (χ0v) is 14.4. The molecule has 1 aromatic carbocycles. The molecule has 1 aromatic heterocycles. The molecule has 108 valence electrons. The molecule has 4 nitrogen and oxygen atoms in total. The molecule has 0 saturated heterocycles. The number of ether oxygens (including phenoxy) is 2. The fourth-order valence-electron chi connectivity index (χ4n) is 1.80. The van der Waals surface area contributed by atoms with Crippen molar-refractivity contribution in [1.29, 1.82) is 0 Å². The van der Waals surface area contributed by atoms with Crippen molar-refractivity contribution in [3.8, 4) is 11.5 Å². The fourth-order valence-corrected chi connectivity index (χ4v) is 2.46. The van der Waals surface area contributed by atoms with Gasteiger partial charge in [-0.1, -0.05) is 6.07 Å². The Labute approximate surface area is 134 Å². The van der Waals surface area contributed by atoms with Crippen LogP contribution in [0.5, 0.6) is 11.5 Å². The molecular weight excluding hydrogens is 390 g/mol. The van der Waals surface area contributed by atoms with E-state index >= 15 is 0 Å². The maximum Gasteiger partial charge on any atom is 0.183 e. The smallest absolute Gasteiger partial charge is 0.183 e. The van der Waals surface area contributed by atoms with Crippen LogP contribution < -0.4 is 14.8 Å². The minimum Gasteiger partial charge on any atom is -0.497 e. The average molecular weight is 405 g/mol. The second-order valence-corrected chi connectivity index (χ2v) is 5.69. The molecule has 2 aromatic rings. The Morgan fingerprint density at radius 2 is 1.90 bits per heavy atom. The highest BCUT2D eigenvalue weighted by Crippen LogP contribution is 2.27. The molecule has 1 N–H and O–H groups in total. The Morgan fingerprint density at radius 3 is 2.50 bits per heavy atom. The number of methoxy groups -OCH3 is 2. The van der Waals surface area contributed by atoms with E-state index in [9.17, 15) is 0 Å². The van der Waals surface area contributed by atoms with Crippen LogP contribution in [0.4, 0.5) is 0 Å². The Morgan fingerprint density at radius 1 is 1.10 bits per heavy atom. The second-order valence-electron chi connectivity index (χ2n) is 4.12. The summed E-state index contributed by atoms with van der Waals surface area (Å²) in [5.74, 6) is 2.44. The molecule has 6 heteroatoms. The zero-order chi connectivity index (χ0) is 14.5. The van der Waals surface area contributed by atoms with Gasteiger partial charge in [-0.25, -0.2) is 0 Å². The molecule has 0 saturated carbocycles. The van der Waals surface area contributed by atoms with Gasteiger partial charge in [0.25, 0.3) is 0 Å².